The molecule has 0 unspecified atom stereocenters. The van der Waals surface area contributed by atoms with E-state index >= 15 is 0 Å². The van der Waals surface area contributed by atoms with Crippen LogP contribution in [0.3, 0.4) is 0 Å². The smallest absolute Gasteiger partial charge is 0.253 e. The lowest BCUT2D eigenvalue weighted by atomic mass is 10.1. The van der Waals surface area contributed by atoms with Crippen molar-refractivity contribution in [2.45, 2.75) is 6.54 Å². The van der Waals surface area contributed by atoms with Gasteiger partial charge in [-0.25, -0.2) is 4.98 Å². The van der Waals surface area contributed by atoms with Gasteiger partial charge in [0.05, 0.1) is 24.7 Å². The molecule has 3 aromatic rings. The molecular weight excluding hydrogens is 406 g/mol. The van der Waals surface area contributed by atoms with Crippen LogP contribution in [0.25, 0.3) is 11.0 Å². The van der Waals surface area contributed by atoms with Crippen molar-refractivity contribution in [3.05, 3.63) is 59.4 Å². The number of hydrogen-bond donors (Lipinski definition) is 0. The first-order valence-electron chi connectivity index (χ1n) is 10.7. The van der Waals surface area contributed by atoms with E-state index in [0.717, 1.165) is 35.7 Å². The number of carbonyl (C=O) groups is 2. The van der Waals surface area contributed by atoms with E-state index in [-0.39, 0.29) is 11.8 Å². The fraction of sp³-hybridized carbons (Fsp3) is 0.375. The monoisotopic (exact) mass is 435 g/mol. The Balaban J connectivity index is 1.40. The number of piperazine rings is 1. The zero-order valence-corrected chi connectivity index (χ0v) is 19.0. The summed E-state index contributed by atoms with van der Waals surface area (Å²) in [5, 5.41) is 0. The van der Waals surface area contributed by atoms with Crippen LogP contribution in [0.1, 0.15) is 26.5 Å². The minimum absolute atomic E-state index is 0.0308. The summed E-state index contributed by atoms with van der Waals surface area (Å²) in [5.74, 6) is 1.71. The molecule has 2 amide bonds. The third-order valence-electron chi connectivity index (χ3n) is 5.99. The molecule has 8 heteroatoms. The normalized spacial score (nSPS) is 14.6. The minimum Gasteiger partial charge on any atom is -0.497 e. The van der Waals surface area contributed by atoms with Crippen LogP contribution >= 0.6 is 0 Å². The summed E-state index contributed by atoms with van der Waals surface area (Å²) < 4.78 is 7.24. The average molecular weight is 436 g/mol. The molecule has 1 fully saturated rings. The van der Waals surface area contributed by atoms with Crippen LogP contribution in [0.15, 0.2) is 42.5 Å². The van der Waals surface area contributed by atoms with Crippen molar-refractivity contribution in [3.63, 3.8) is 0 Å². The lowest BCUT2D eigenvalue weighted by molar-refractivity contribution is 0.0624. The number of benzene rings is 2. The molecule has 1 aromatic heterocycles. The zero-order chi connectivity index (χ0) is 22.8. The molecule has 0 spiro atoms. The van der Waals surface area contributed by atoms with E-state index in [1.165, 1.54) is 0 Å². The van der Waals surface area contributed by atoms with Crippen LogP contribution in [0.5, 0.6) is 5.75 Å². The predicted molar refractivity (Wildman–Crippen MR) is 123 cm³/mol. The van der Waals surface area contributed by atoms with Crippen molar-refractivity contribution < 1.29 is 14.3 Å². The molecule has 1 aliphatic heterocycles. The Bertz CT molecular complexity index is 1130. The summed E-state index contributed by atoms with van der Waals surface area (Å²) in [6, 6.07) is 12.9. The molecule has 32 heavy (non-hydrogen) atoms. The largest absolute Gasteiger partial charge is 0.497 e. The summed E-state index contributed by atoms with van der Waals surface area (Å²) in [4.78, 5) is 35.6. The molecule has 0 bridgehead atoms. The van der Waals surface area contributed by atoms with Crippen molar-refractivity contribution in [1.29, 1.82) is 0 Å². The van der Waals surface area contributed by atoms with Crippen molar-refractivity contribution in [2.24, 2.45) is 7.05 Å². The SMILES string of the molecule is COc1ccc(C(=O)N2CCN(Cc3nc4cc(C(=O)N(C)C)ccc4n3C)CC2)cc1. The van der Waals surface area contributed by atoms with E-state index in [1.807, 2.05) is 54.4 Å². The summed E-state index contributed by atoms with van der Waals surface area (Å²) in [5.41, 5.74) is 3.14. The van der Waals surface area contributed by atoms with Crippen molar-refractivity contribution in [2.75, 3.05) is 47.4 Å². The Morgan fingerprint density at radius 2 is 1.66 bits per heavy atom. The van der Waals surface area contributed by atoms with Gasteiger partial charge in [-0.3, -0.25) is 14.5 Å². The van der Waals surface area contributed by atoms with Crippen LogP contribution < -0.4 is 4.74 Å². The van der Waals surface area contributed by atoms with Crippen LogP contribution in [0.2, 0.25) is 0 Å². The molecule has 0 saturated carbocycles. The fourth-order valence-electron chi connectivity index (χ4n) is 4.01. The lowest BCUT2D eigenvalue weighted by Gasteiger charge is -2.34. The molecule has 0 N–H and O–H groups in total. The fourth-order valence-corrected chi connectivity index (χ4v) is 4.01. The Morgan fingerprint density at radius 3 is 2.28 bits per heavy atom. The summed E-state index contributed by atoms with van der Waals surface area (Å²) in [7, 11) is 7.11. The number of aryl methyl sites for hydroxylation is 1. The van der Waals surface area contributed by atoms with Crippen molar-refractivity contribution in [3.8, 4) is 5.75 Å². The van der Waals surface area contributed by atoms with E-state index in [4.69, 9.17) is 9.72 Å². The van der Waals surface area contributed by atoms with E-state index in [2.05, 4.69) is 9.47 Å². The maximum atomic E-state index is 12.8. The molecule has 0 radical (unpaired) electrons. The molecule has 0 atom stereocenters. The van der Waals surface area contributed by atoms with Gasteiger partial charge in [0.1, 0.15) is 11.6 Å². The number of carbonyl (C=O) groups excluding carboxylic acids is 2. The topological polar surface area (TPSA) is 70.9 Å². The number of aromatic nitrogens is 2. The maximum absolute atomic E-state index is 12.8. The maximum Gasteiger partial charge on any atom is 0.253 e. The third-order valence-corrected chi connectivity index (χ3v) is 5.99. The van der Waals surface area contributed by atoms with Crippen LogP contribution in [0, 0.1) is 0 Å². The van der Waals surface area contributed by atoms with E-state index < -0.39 is 0 Å². The van der Waals surface area contributed by atoms with Gasteiger partial charge in [-0.05, 0) is 42.5 Å². The number of imidazole rings is 1. The van der Waals surface area contributed by atoms with Crippen LogP contribution in [-0.4, -0.2) is 83.4 Å². The Labute approximate surface area is 188 Å². The number of amides is 2. The third kappa shape index (κ3) is 4.31. The second-order valence-corrected chi connectivity index (χ2v) is 8.29. The molecule has 0 aliphatic carbocycles. The van der Waals surface area contributed by atoms with E-state index in [1.54, 1.807) is 26.1 Å². The van der Waals surface area contributed by atoms with Crippen LogP contribution in [-0.2, 0) is 13.6 Å². The number of nitrogens with zero attached hydrogens (tertiary/aromatic N) is 5. The lowest BCUT2D eigenvalue weighted by Crippen LogP contribution is -2.48. The average Bonchev–Trinajstić information content (AvgIpc) is 3.13. The standard InChI is InChI=1S/C24H29N5O3/c1-26(2)23(30)18-7-10-21-20(15-18)25-22(27(21)3)16-28-11-13-29(14-12-28)24(31)17-5-8-19(32-4)9-6-17/h5-10,15H,11-14,16H2,1-4H3. The second-order valence-electron chi connectivity index (χ2n) is 8.29. The first-order valence-corrected chi connectivity index (χ1v) is 10.7. The van der Waals surface area contributed by atoms with Crippen molar-refractivity contribution in [1.82, 2.24) is 24.3 Å². The Morgan fingerprint density at radius 1 is 1.00 bits per heavy atom. The van der Waals surface area contributed by atoms with E-state index in [0.29, 0.717) is 30.8 Å². The number of methoxy groups -OCH3 is 1. The van der Waals surface area contributed by atoms with Gasteiger partial charge in [-0.15, -0.1) is 0 Å². The number of rotatable bonds is 5. The predicted octanol–water partition coefficient (Wildman–Crippen LogP) is 2.24. The highest BCUT2D eigenvalue weighted by Gasteiger charge is 2.23. The van der Waals surface area contributed by atoms with Gasteiger partial charge < -0.3 is 19.1 Å². The first-order chi connectivity index (χ1) is 15.4. The highest BCUT2D eigenvalue weighted by molar-refractivity contribution is 5.97. The quantitative estimate of drug-likeness (QED) is 0.615. The Kier molecular flexibility index (Phi) is 6.14. The van der Waals surface area contributed by atoms with Gasteiger partial charge in [0.25, 0.3) is 11.8 Å². The van der Waals surface area contributed by atoms with Crippen LogP contribution in [0.4, 0.5) is 0 Å². The van der Waals surface area contributed by atoms with E-state index in [9.17, 15) is 9.59 Å². The number of hydrogen-bond acceptors (Lipinski definition) is 5. The second kappa shape index (κ2) is 9.00. The Hall–Kier alpha value is -3.39. The van der Waals surface area contributed by atoms with Gasteiger partial charge in [0, 0.05) is 58.4 Å². The molecular formula is C24H29N5O3. The molecule has 168 valence electrons. The molecule has 4 rings (SSSR count). The summed E-state index contributed by atoms with van der Waals surface area (Å²) in [6.07, 6.45) is 0. The van der Waals surface area contributed by atoms with Gasteiger partial charge in [0.15, 0.2) is 0 Å². The molecule has 2 aromatic carbocycles. The first kappa shape index (κ1) is 21.8. The zero-order valence-electron chi connectivity index (χ0n) is 19.0. The van der Waals surface area contributed by atoms with Gasteiger partial charge in [0.2, 0.25) is 0 Å². The molecule has 1 saturated heterocycles. The number of ether oxygens (including phenoxy) is 1. The van der Waals surface area contributed by atoms with Gasteiger partial charge >= 0.3 is 0 Å². The molecule has 1 aliphatic rings. The molecule has 2 heterocycles. The summed E-state index contributed by atoms with van der Waals surface area (Å²) in [6.45, 7) is 3.63. The molecule has 8 nitrogen and oxygen atoms in total. The van der Waals surface area contributed by atoms with Crippen molar-refractivity contribution >= 4 is 22.8 Å². The highest BCUT2D eigenvalue weighted by Crippen LogP contribution is 2.20. The highest BCUT2D eigenvalue weighted by atomic mass is 16.5. The number of fused-ring (bicyclic) bond motifs is 1. The van der Waals surface area contributed by atoms with Gasteiger partial charge in [-0.2, -0.15) is 0 Å². The minimum atomic E-state index is -0.0308. The summed E-state index contributed by atoms with van der Waals surface area (Å²) >= 11 is 0. The van der Waals surface area contributed by atoms with Gasteiger partial charge in [-0.1, -0.05) is 0 Å².